The van der Waals surface area contributed by atoms with Gasteiger partial charge in [0.1, 0.15) is 11.5 Å². The molecule has 0 aliphatic rings. The Bertz CT molecular complexity index is 677. The standard InChI is InChI=1S/C17H19ClN2O3/c1-22-14-6-7-15(16(11-14)23-2)20-17(21)19-9-8-12-4-3-5-13(18)10-12/h3-7,10-11H,8-9H2,1-2H3,(H2,19,20,21). The van der Waals surface area contributed by atoms with Gasteiger partial charge in [-0.3, -0.25) is 0 Å². The molecule has 0 aliphatic heterocycles. The van der Waals surface area contributed by atoms with Crippen LogP contribution in [-0.2, 0) is 6.42 Å². The van der Waals surface area contributed by atoms with Crippen molar-refractivity contribution in [1.82, 2.24) is 5.32 Å². The minimum Gasteiger partial charge on any atom is -0.497 e. The number of halogens is 1. The van der Waals surface area contributed by atoms with E-state index in [2.05, 4.69) is 10.6 Å². The van der Waals surface area contributed by atoms with Gasteiger partial charge in [0.05, 0.1) is 19.9 Å². The number of urea groups is 1. The minimum atomic E-state index is -0.296. The summed E-state index contributed by atoms with van der Waals surface area (Å²) in [4.78, 5) is 12.0. The van der Waals surface area contributed by atoms with Gasteiger partial charge < -0.3 is 20.1 Å². The van der Waals surface area contributed by atoms with Gasteiger partial charge in [-0.05, 0) is 36.2 Å². The molecule has 2 aromatic carbocycles. The number of benzene rings is 2. The molecule has 0 unspecified atom stereocenters. The zero-order valence-electron chi connectivity index (χ0n) is 13.1. The van der Waals surface area contributed by atoms with Crippen LogP contribution in [0.15, 0.2) is 42.5 Å². The fourth-order valence-corrected chi connectivity index (χ4v) is 2.29. The van der Waals surface area contributed by atoms with Gasteiger partial charge in [0.25, 0.3) is 0 Å². The number of methoxy groups -OCH3 is 2. The zero-order valence-corrected chi connectivity index (χ0v) is 13.8. The Morgan fingerprint density at radius 1 is 1.13 bits per heavy atom. The lowest BCUT2D eigenvalue weighted by molar-refractivity contribution is 0.252. The van der Waals surface area contributed by atoms with Crippen LogP contribution in [-0.4, -0.2) is 26.8 Å². The normalized spacial score (nSPS) is 10.0. The lowest BCUT2D eigenvalue weighted by Gasteiger charge is -2.12. The maximum Gasteiger partial charge on any atom is 0.319 e. The quantitative estimate of drug-likeness (QED) is 0.846. The molecule has 23 heavy (non-hydrogen) atoms. The van der Waals surface area contributed by atoms with Crippen LogP contribution >= 0.6 is 11.6 Å². The number of hydrogen-bond acceptors (Lipinski definition) is 3. The molecule has 2 N–H and O–H groups in total. The predicted molar refractivity (Wildman–Crippen MR) is 91.7 cm³/mol. The molecule has 0 radical (unpaired) electrons. The summed E-state index contributed by atoms with van der Waals surface area (Å²) in [6.07, 6.45) is 0.702. The first-order chi connectivity index (χ1) is 11.1. The number of amides is 2. The molecule has 0 heterocycles. The summed E-state index contributed by atoms with van der Waals surface area (Å²) in [7, 11) is 3.11. The Morgan fingerprint density at radius 2 is 1.96 bits per heavy atom. The summed E-state index contributed by atoms with van der Waals surface area (Å²) in [5.41, 5.74) is 1.65. The molecule has 0 saturated heterocycles. The fourth-order valence-electron chi connectivity index (χ4n) is 2.08. The third-order valence-electron chi connectivity index (χ3n) is 3.25. The molecule has 0 aliphatic carbocycles. The van der Waals surface area contributed by atoms with Crippen LogP contribution in [0.25, 0.3) is 0 Å². The molecule has 0 spiro atoms. The van der Waals surface area contributed by atoms with E-state index >= 15 is 0 Å². The second-order valence-corrected chi connectivity index (χ2v) is 5.26. The smallest absolute Gasteiger partial charge is 0.319 e. The third kappa shape index (κ3) is 5.07. The zero-order chi connectivity index (χ0) is 16.7. The molecule has 2 aromatic rings. The molecule has 0 fully saturated rings. The first-order valence-electron chi connectivity index (χ1n) is 7.13. The Labute approximate surface area is 140 Å². The first kappa shape index (κ1) is 17.0. The molecular formula is C17H19ClN2O3. The van der Waals surface area contributed by atoms with E-state index in [0.717, 1.165) is 5.56 Å². The van der Waals surface area contributed by atoms with E-state index in [1.54, 1.807) is 25.3 Å². The Hall–Kier alpha value is -2.40. The predicted octanol–water partition coefficient (Wildman–Crippen LogP) is 3.72. The van der Waals surface area contributed by atoms with E-state index < -0.39 is 0 Å². The summed E-state index contributed by atoms with van der Waals surface area (Å²) in [5.74, 6) is 1.20. The number of carbonyl (C=O) groups is 1. The van der Waals surface area contributed by atoms with Gasteiger partial charge in [0, 0.05) is 17.6 Å². The van der Waals surface area contributed by atoms with E-state index in [1.807, 2.05) is 24.3 Å². The third-order valence-corrected chi connectivity index (χ3v) is 3.48. The van der Waals surface area contributed by atoms with Crippen molar-refractivity contribution >= 4 is 23.3 Å². The largest absolute Gasteiger partial charge is 0.497 e. The van der Waals surface area contributed by atoms with Crippen molar-refractivity contribution in [1.29, 1.82) is 0 Å². The van der Waals surface area contributed by atoms with Gasteiger partial charge in [-0.2, -0.15) is 0 Å². The average Bonchev–Trinajstić information content (AvgIpc) is 2.55. The highest BCUT2D eigenvalue weighted by molar-refractivity contribution is 6.30. The molecule has 0 aromatic heterocycles. The minimum absolute atomic E-state index is 0.296. The highest BCUT2D eigenvalue weighted by atomic mass is 35.5. The van der Waals surface area contributed by atoms with Crippen LogP contribution < -0.4 is 20.1 Å². The van der Waals surface area contributed by atoms with Crippen molar-refractivity contribution in [3.8, 4) is 11.5 Å². The fraction of sp³-hybridized carbons (Fsp3) is 0.235. The van der Waals surface area contributed by atoms with E-state index in [-0.39, 0.29) is 6.03 Å². The first-order valence-corrected chi connectivity index (χ1v) is 7.51. The number of anilines is 1. The monoisotopic (exact) mass is 334 g/mol. The molecule has 122 valence electrons. The van der Waals surface area contributed by atoms with Crippen molar-refractivity contribution in [2.24, 2.45) is 0 Å². The van der Waals surface area contributed by atoms with Crippen molar-refractivity contribution in [2.75, 3.05) is 26.1 Å². The van der Waals surface area contributed by atoms with Crippen LogP contribution in [0.3, 0.4) is 0 Å². The lowest BCUT2D eigenvalue weighted by Crippen LogP contribution is -2.30. The highest BCUT2D eigenvalue weighted by Gasteiger charge is 2.08. The topological polar surface area (TPSA) is 59.6 Å². The van der Waals surface area contributed by atoms with Crippen LogP contribution in [0.1, 0.15) is 5.56 Å². The maximum absolute atomic E-state index is 12.0. The summed E-state index contributed by atoms with van der Waals surface area (Å²) in [6.45, 7) is 0.505. The van der Waals surface area contributed by atoms with Gasteiger partial charge in [-0.15, -0.1) is 0 Å². The van der Waals surface area contributed by atoms with E-state index in [4.69, 9.17) is 21.1 Å². The van der Waals surface area contributed by atoms with Gasteiger partial charge in [0.15, 0.2) is 0 Å². The van der Waals surface area contributed by atoms with Gasteiger partial charge in [0.2, 0.25) is 0 Å². The maximum atomic E-state index is 12.0. The van der Waals surface area contributed by atoms with E-state index in [0.29, 0.717) is 35.2 Å². The Morgan fingerprint density at radius 3 is 2.65 bits per heavy atom. The number of hydrogen-bond donors (Lipinski definition) is 2. The van der Waals surface area contributed by atoms with Crippen LogP contribution in [0, 0.1) is 0 Å². The summed E-state index contributed by atoms with van der Waals surface area (Å²) < 4.78 is 10.4. The number of rotatable bonds is 6. The van der Waals surface area contributed by atoms with Crippen molar-refractivity contribution in [3.05, 3.63) is 53.1 Å². The molecular weight excluding hydrogens is 316 g/mol. The van der Waals surface area contributed by atoms with Crippen molar-refractivity contribution < 1.29 is 14.3 Å². The molecule has 0 atom stereocenters. The SMILES string of the molecule is COc1ccc(NC(=O)NCCc2cccc(Cl)c2)c(OC)c1. The molecule has 2 rings (SSSR count). The van der Waals surface area contributed by atoms with Gasteiger partial charge in [-0.1, -0.05) is 23.7 Å². The summed E-state index contributed by atoms with van der Waals surface area (Å²) in [5, 5.41) is 6.24. The molecule has 2 amide bonds. The highest BCUT2D eigenvalue weighted by Crippen LogP contribution is 2.28. The summed E-state index contributed by atoms with van der Waals surface area (Å²) in [6, 6.07) is 12.5. The lowest BCUT2D eigenvalue weighted by atomic mass is 10.1. The Balaban J connectivity index is 1.87. The van der Waals surface area contributed by atoms with Crippen LogP contribution in [0.4, 0.5) is 10.5 Å². The summed E-state index contributed by atoms with van der Waals surface area (Å²) >= 11 is 5.93. The molecule has 0 bridgehead atoms. The van der Waals surface area contributed by atoms with Crippen molar-refractivity contribution in [3.63, 3.8) is 0 Å². The van der Waals surface area contributed by atoms with Gasteiger partial charge in [-0.25, -0.2) is 4.79 Å². The van der Waals surface area contributed by atoms with Crippen molar-refractivity contribution in [2.45, 2.75) is 6.42 Å². The van der Waals surface area contributed by atoms with E-state index in [1.165, 1.54) is 7.11 Å². The molecule has 6 heteroatoms. The molecule has 5 nitrogen and oxygen atoms in total. The number of carbonyl (C=O) groups excluding carboxylic acids is 1. The van der Waals surface area contributed by atoms with E-state index in [9.17, 15) is 4.79 Å². The number of nitrogens with one attached hydrogen (secondary N) is 2. The van der Waals surface area contributed by atoms with Crippen LogP contribution in [0.5, 0.6) is 11.5 Å². The second kappa shape index (κ2) is 8.29. The number of ether oxygens (including phenoxy) is 2. The van der Waals surface area contributed by atoms with Crippen LogP contribution in [0.2, 0.25) is 5.02 Å². The van der Waals surface area contributed by atoms with Gasteiger partial charge >= 0.3 is 6.03 Å². The molecule has 0 saturated carbocycles. The average molecular weight is 335 g/mol. The Kier molecular flexibility index (Phi) is 6.11. The second-order valence-electron chi connectivity index (χ2n) is 4.83.